The number of pyridine rings is 1. The molecule has 0 aliphatic rings. The van der Waals surface area contributed by atoms with E-state index in [1.807, 2.05) is 16.7 Å². The Bertz CT molecular complexity index is 540. The molecule has 0 radical (unpaired) electrons. The van der Waals surface area contributed by atoms with Crippen molar-refractivity contribution >= 4 is 23.6 Å². The van der Waals surface area contributed by atoms with Crippen molar-refractivity contribution < 1.29 is 0 Å². The molecule has 0 saturated heterocycles. The molecule has 84 valence electrons. The standard InChI is InChI=1S/C12H14N2S2/c1-3-5-10-6-4-7-11(13-10)14-9(2)8-16-12(14)15/h4,6-8H,3,5H2,1-2H3. The molecule has 0 unspecified atom stereocenters. The fraction of sp³-hybridized carbons (Fsp3) is 0.333. The lowest BCUT2D eigenvalue weighted by atomic mass is 10.2. The molecule has 0 aromatic carbocycles. The lowest BCUT2D eigenvalue weighted by Gasteiger charge is -2.06. The topological polar surface area (TPSA) is 17.8 Å². The van der Waals surface area contributed by atoms with Gasteiger partial charge in [0.2, 0.25) is 0 Å². The Kier molecular flexibility index (Phi) is 3.51. The summed E-state index contributed by atoms with van der Waals surface area (Å²) >= 11 is 6.89. The van der Waals surface area contributed by atoms with Gasteiger partial charge >= 0.3 is 0 Å². The zero-order valence-electron chi connectivity index (χ0n) is 9.43. The maximum absolute atomic E-state index is 5.30. The maximum atomic E-state index is 5.30. The number of rotatable bonds is 3. The van der Waals surface area contributed by atoms with E-state index in [1.165, 1.54) is 0 Å². The summed E-state index contributed by atoms with van der Waals surface area (Å²) in [7, 11) is 0. The van der Waals surface area contributed by atoms with Gasteiger partial charge in [0.1, 0.15) is 5.82 Å². The fourth-order valence-corrected chi connectivity index (χ4v) is 2.75. The highest BCUT2D eigenvalue weighted by Gasteiger charge is 2.04. The Morgan fingerprint density at radius 3 is 2.88 bits per heavy atom. The first-order valence-electron chi connectivity index (χ1n) is 5.36. The molecule has 2 aromatic heterocycles. The maximum Gasteiger partial charge on any atom is 0.167 e. The molecule has 2 heterocycles. The van der Waals surface area contributed by atoms with Crippen LogP contribution in [0.4, 0.5) is 0 Å². The second kappa shape index (κ2) is 4.89. The van der Waals surface area contributed by atoms with Crippen LogP contribution in [0.2, 0.25) is 0 Å². The summed E-state index contributed by atoms with van der Waals surface area (Å²) in [5.41, 5.74) is 2.28. The zero-order chi connectivity index (χ0) is 11.5. The summed E-state index contributed by atoms with van der Waals surface area (Å²) < 4.78 is 2.89. The van der Waals surface area contributed by atoms with Gasteiger partial charge in [0.25, 0.3) is 0 Å². The van der Waals surface area contributed by atoms with Crippen molar-refractivity contribution in [1.29, 1.82) is 0 Å². The van der Waals surface area contributed by atoms with E-state index in [0.29, 0.717) is 0 Å². The van der Waals surface area contributed by atoms with E-state index in [9.17, 15) is 0 Å². The van der Waals surface area contributed by atoms with E-state index < -0.39 is 0 Å². The predicted octanol–water partition coefficient (Wildman–Crippen LogP) is 3.92. The van der Waals surface area contributed by atoms with E-state index >= 15 is 0 Å². The normalized spacial score (nSPS) is 10.6. The van der Waals surface area contributed by atoms with Crippen molar-refractivity contribution in [1.82, 2.24) is 9.55 Å². The first-order valence-corrected chi connectivity index (χ1v) is 6.64. The molecule has 0 fully saturated rings. The first-order chi connectivity index (χ1) is 7.72. The van der Waals surface area contributed by atoms with E-state index in [2.05, 4.69) is 30.3 Å². The van der Waals surface area contributed by atoms with E-state index in [4.69, 9.17) is 12.2 Å². The molecule has 0 N–H and O–H groups in total. The van der Waals surface area contributed by atoms with E-state index in [1.54, 1.807) is 11.3 Å². The third-order valence-electron chi connectivity index (χ3n) is 2.39. The summed E-state index contributed by atoms with van der Waals surface area (Å²) in [5, 5.41) is 2.07. The molecule has 2 rings (SSSR count). The van der Waals surface area contributed by atoms with Crippen molar-refractivity contribution in [3.8, 4) is 5.82 Å². The van der Waals surface area contributed by atoms with Crippen molar-refractivity contribution in [2.24, 2.45) is 0 Å². The van der Waals surface area contributed by atoms with Crippen LogP contribution in [-0.2, 0) is 6.42 Å². The Balaban J connectivity index is 2.48. The fourth-order valence-electron chi connectivity index (χ4n) is 1.65. The van der Waals surface area contributed by atoms with E-state index in [0.717, 1.165) is 34.0 Å². The second-order valence-corrected chi connectivity index (χ2v) is 5.22. The predicted molar refractivity (Wildman–Crippen MR) is 71.0 cm³/mol. The summed E-state index contributed by atoms with van der Waals surface area (Å²) in [6, 6.07) is 6.12. The number of hydrogen-bond donors (Lipinski definition) is 0. The molecule has 0 atom stereocenters. The molecule has 0 aliphatic carbocycles. The number of nitrogens with zero attached hydrogens (tertiary/aromatic N) is 2. The number of aryl methyl sites for hydroxylation is 2. The minimum absolute atomic E-state index is 0.860. The average molecular weight is 250 g/mol. The average Bonchev–Trinajstić information content (AvgIpc) is 2.59. The van der Waals surface area contributed by atoms with Gasteiger partial charge in [0.05, 0.1) is 0 Å². The van der Waals surface area contributed by atoms with Crippen molar-refractivity contribution in [2.45, 2.75) is 26.7 Å². The molecule has 2 aromatic rings. The number of thiazole rings is 1. The summed E-state index contributed by atoms with van der Waals surface area (Å²) in [6.07, 6.45) is 2.13. The van der Waals surface area contributed by atoms with Gasteiger partial charge in [0, 0.05) is 16.8 Å². The Morgan fingerprint density at radius 1 is 1.44 bits per heavy atom. The highest BCUT2D eigenvalue weighted by atomic mass is 32.1. The minimum atomic E-state index is 0.860. The van der Waals surface area contributed by atoms with Crippen LogP contribution in [0, 0.1) is 10.9 Å². The Hall–Kier alpha value is -1.00. The monoisotopic (exact) mass is 250 g/mol. The third-order valence-corrected chi connectivity index (χ3v) is 3.71. The first kappa shape index (κ1) is 11.5. The van der Waals surface area contributed by atoms with Gasteiger partial charge < -0.3 is 0 Å². The molecule has 16 heavy (non-hydrogen) atoms. The van der Waals surface area contributed by atoms with Crippen LogP contribution >= 0.6 is 23.6 Å². The second-order valence-electron chi connectivity index (χ2n) is 3.72. The van der Waals surface area contributed by atoms with E-state index in [-0.39, 0.29) is 0 Å². The van der Waals surface area contributed by atoms with Gasteiger partial charge in [-0.3, -0.25) is 4.57 Å². The minimum Gasteiger partial charge on any atom is -0.280 e. The van der Waals surface area contributed by atoms with Gasteiger partial charge in [-0.25, -0.2) is 4.98 Å². The molecule has 2 nitrogen and oxygen atoms in total. The lowest BCUT2D eigenvalue weighted by Crippen LogP contribution is -2.01. The lowest BCUT2D eigenvalue weighted by molar-refractivity contribution is 0.856. The molecular formula is C12H14N2S2. The van der Waals surface area contributed by atoms with Crippen LogP contribution < -0.4 is 0 Å². The number of hydrogen-bond acceptors (Lipinski definition) is 3. The smallest absolute Gasteiger partial charge is 0.167 e. The summed E-state index contributed by atoms with van der Waals surface area (Å²) in [5.74, 6) is 0.940. The van der Waals surface area contributed by atoms with Crippen molar-refractivity contribution in [3.05, 3.63) is 38.9 Å². The summed E-state index contributed by atoms with van der Waals surface area (Å²) in [6.45, 7) is 4.22. The molecule has 4 heteroatoms. The van der Waals surface area contributed by atoms with Crippen molar-refractivity contribution in [3.63, 3.8) is 0 Å². The zero-order valence-corrected chi connectivity index (χ0v) is 11.1. The largest absolute Gasteiger partial charge is 0.280 e. The summed E-state index contributed by atoms with van der Waals surface area (Å²) in [4.78, 5) is 4.63. The molecule has 0 aliphatic heterocycles. The van der Waals surface area contributed by atoms with Gasteiger partial charge in [0.15, 0.2) is 3.95 Å². The molecular weight excluding hydrogens is 236 g/mol. The van der Waals surface area contributed by atoms with Gasteiger partial charge in [-0.15, -0.1) is 11.3 Å². The van der Waals surface area contributed by atoms with Crippen LogP contribution in [-0.4, -0.2) is 9.55 Å². The Morgan fingerprint density at radius 2 is 2.25 bits per heavy atom. The molecule has 0 bridgehead atoms. The van der Waals surface area contributed by atoms with Crippen LogP contribution in [0.25, 0.3) is 5.82 Å². The SMILES string of the molecule is CCCc1cccc(-n2c(C)csc2=S)n1. The van der Waals surface area contributed by atoms with Crippen LogP contribution in [0.1, 0.15) is 24.7 Å². The van der Waals surface area contributed by atoms with Gasteiger partial charge in [-0.1, -0.05) is 19.4 Å². The third kappa shape index (κ3) is 2.23. The molecule has 0 amide bonds. The quantitative estimate of drug-likeness (QED) is 0.768. The van der Waals surface area contributed by atoms with Crippen LogP contribution in [0.15, 0.2) is 23.6 Å². The highest BCUT2D eigenvalue weighted by molar-refractivity contribution is 7.73. The van der Waals surface area contributed by atoms with Gasteiger partial charge in [-0.2, -0.15) is 0 Å². The van der Waals surface area contributed by atoms with Crippen molar-refractivity contribution in [2.75, 3.05) is 0 Å². The molecule has 0 spiro atoms. The number of aromatic nitrogens is 2. The molecule has 0 saturated carbocycles. The van der Waals surface area contributed by atoms with Gasteiger partial charge in [-0.05, 0) is 37.7 Å². The highest BCUT2D eigenvalue weighted by Crippen LogP contribution is 2.16. The van der Waals surface area contributed by atoms with Crippen LogP contribution in [0.3, 0.4) is 0 Å². The van der Waals surface area contributed by atoms with Crippen LogP contribution in [0.5, 0.6) is 0 Å². The Labute approximate surface area is 105 Å².